The van der Waals surface area contributed by atoms with Crippen LogP contribution < -0.4 is 0 Å². The zero-order valence-electron chi connectivity index (χ0n) is 33.0. The molecule has 2 heterocycles. The number of allylic oxidation sites excluding steroid dienone is 1. The zero-order chi connectivity index (χ0) is 40.2. The van der Waals surface area contributed by atoms with Crippen LogP contribution in [-0.4, -0.2) is 127 Å². The van der Waals surface area contributed by atoms with E-state index in [0.29, 0.717) is 32.1 Å². The minimum absolute atomic E-state index is 0.00178. The van der Waals surface area contributed by atoms with Crippen molar-refractivity contribution in [1.29, 1.82) is 0 Å². The molecule has 6 fully saturated rings. The summed E-state index contributed by atoms with van der Waals surface area (Å²) >= 11 is 0. The standard InChI is InChI=1S/C41H64O14/c1-19-9-14-40(36(51)55-34-32(48)30(46)28(44)23(18-42)53-34)15-16-41(35(49)50)21(22(40)17-19)7-8-25-38(5)12-11-26(37(3,4)24(38)10-13-39(25,41)6)54-33-31(47)29(45)27(43)20(2)52-33/h7,19-20,22-34,42-48H,8-18H2,1-6H3,(H,49,50). The Morgan fingerprint density at radius 1 is 0.782 bits per heavy atom. The van der Waals surface area contributed by atoms with Gasteiger partial charge in [0.25, 0.3) is 0 Å². The lowest BCUT2D eigenvalue weighted by atomic mass is 9.33. The maximum Gasteiger partial charge on any atom is 0.315 e. The van der Waals surface area contributed by atoms with Crippen molar-refractivity contribution >= 4 is 11.9 Å². The molecular formula is C41H64O14. The minimum Gasteiger partial charge on any atom is -0.481 e. The summed E-state index contributed by atoms with van der Waals surface area (Å²) in [6.07, 6.45) is -6.22. The van der Waals surface area contributed by atoms with Crippen molar-refractivity contribution in [3.63, 3.8) is 0 Å². The van der Waals surface area contributed by atoms with E-state index in [1.54, 1.807) is 6.92 Å². The molecule has 0 aromatic carbocycles. The van der Waals surface area contributed by atoms with E-state index >= 15 is 0 Å². The summed E-state index contributed by atoms with van der Waals surface area (Å²) in [5.74, 6) is -1.57. The molecule has 2 saturated heterocycles. The number of carboxylic acids is 1. The topological polar surface area (TPSA) is 233 Å². The molecule has 55 heavy (non-hydrogen) atoms. The summed E-state index contributed by atoms with van der Waals surface area (Å²) in [5, 5.41) is 84.2. The van der Waals surface area contributed by atoms with Gasteiger partial charge in [-0.3, -0.25) is 9.59 Å². The molecular weight excluding hydrogens is 716 g/mol. The molecule has 14 nitrogen and oxygen atoms in total. The van der Waals surface area contributed by atoms with Gasteiger partial charge >= 0.3 is 11.9 Å². The quantitative estimate of drug-likeness (QED) is 0.110. The monoisotopic (exact) mass is 780 g/mol. The van der Waals surface area contributed by atoms with Crippen LogP contribution in [0.5, 0.6) is 0 Å². The first-order chi connectivity index (χ1) is 25.7. The van der Waals surface area contributed by atoms with Crippen LogP contribution >= 0.6 is 0 Å². The summed E-state index contributed by atoms with van der Waals surface area (Å²) in [4.78, 5) is 28.6. The van der Waals surface area contributed by atoms with Crippen molar-refractivity contribution < 1.29 is 69.4 Å². The summed E-state index contributed by atoms with van der Waals surface area (Å²) in [6, 6.07) is 0. The molecule has 2 aliphatic heterocycles. The molecule has 0 amide bonds. The molecule has 0 aromatic heterocycles. The molecule has 0 bridgehead atoms. The Labute approximate surface area is 323 Å². The second kappa shape index (κ2) is 14.2. The van der Waals surface area contributed by atoms with Gasteiger partial charge in [-0.2, -0.15) is 0 Å². The molecule has 19 unspecified atom stereocenters. The Kier molecular flexibility index (Phi) is 10.7. The van der Waals surface area contributed by atoms with Crippen LogP contribution in [0.1, 0.15) is 106 Å². The van der Waals surface area contributed by atoms with Gasteiger partial charge in [-0.1, -0.05) is 46.3 Å². The van der Waals surface area contributed by atoms with Crippen LogP contribution in [-0.2, 0) is 28.5 Å². The summed E-state index contributed by atoms with van der Waals surface area (Å²) in [5.41, 5.74) is -2.85. The number of rotatable bonds is 6. The van der Waals surface area contributed by atoms with E-state index in [2.05, 4.69) is 40.7 Å². The van der Waals surface area contributed by atoms with Crippen molar-refractivity contribution in [3.05, 3.63) is 11.6 Å². The Bertz CT molecular complexity index is 1520. The number of aliphatic hydroxyl groups excluding tert-OH is 7. The van der Waals surface area contributed by atoms with E-state index < -0.39 is 108 Å². The van der Waals surface area contributed by atoms with Gasteiger partial charge < -0.3 is 59.8 Å². The Balaban J connectivity index is 1.19. The van der Waals surface area contributed by atoms with Crippen molar-refractivity contribution in [1.82, 2.24) is 0 Å². The van der Waals surface area contributed by atoms with Crippen molar-refractivity contribution in [2.24, 2.45) is 50.7 Å². The molecule has 4 saturated carbocycles. The number of esters is 1. The van der Waals surface area contributed by atoms with Crippen LogP contribution in [0.25, 0.3) is 0 Å². The van der Waals surface area contributed by atoms with Gasteiger partial charge in [0.2, 0.25) is 6.29 Å². The molecule has 312 valence electrons. The first-order valence-electron chi connectivity index (χ1n) is 20.5. The van der Waals surface area contributed by atoms with Crippen LogP contribution in [0, 0.1) is 50.7 Å². The highest BCUT2D eigenvalue weighted by molar-refractivity contribution is 5.85. The van der Waals surface area contributed by atoms with Gasteiger partial charge in [0.15, 0.2) is 6.29 Å². The normalized spacial score (nSPS) is 53.4. The van der Waals surface area contributed by atoms with Crippen LogP contribution in [0.4, 0.5) is 0 Å². The minimum atomic E-state index is -1.74. The van der Waals surface area contributed by atoms with Gasteiger partial charge in [-0.25, -0.2) is 0 Å². The third kappa shape index (κ3) is 5.93. The van der Waals surface area contributed by atoms with Gasteiger partial charge in [0.05, 0.1) is 29.6 Å². The van der Waals surface area contributed by atoms with Crippen LogP contribution in [0.3, 0.4) is 0 Å². The fraction of sp³-hybridized carbons (Fsp3) is 0.902. The van der Waals surface area contributed by atoms with Gasteiger partial charge in [0.1, 0.15) is 42.7 Å². The largest absolute Gasteiger partial charge is 0.481 e. The molecule has 0 radical (unpaired) electrons. The highest BCUT2D eigenvalue weighted by Gasteiger charge is 2.73. The number of carbonyl (C=O) groups is 2. The summed E-state index contributed by atoms with van der Waals surface area (Å²) in [6.45, 7) is 11.9. The van der Waals surface area contributed by atoms with E-state index in [1.807, 2.05) is 0 Å². The number of fused-ring (bicyclic) bond motifs is 7. The fourth-order valence-electron chi connectivity index (χ4n) is 13.5. The van der Waals surface area contributed by atoms with Gasteiger partial charge in [-0.05, 0) is 111 Å². The maximum absolute atomic E-state index is 14.5. The number of hydrogen-bond acceptors (Lipinski definition) is 13. The molecule has 0 spiro atoms. The first kappa shape index (κ1) is 41.4. The molecule has 8 N–H and O–H groups in total. The Morgan fingerprint density at radius 3 is 2.13 bits per heavy atom. The number of hydrogen-bond donors (Lipinski definition) is 8. The highest BCUT2D eigenvalue weighted by atomic mass is 16.7. The molecule has 7 aliphatic rings. The predicted molar refractivity (Wildman–Crippen MR) is 193 cm³/mol. The van der Waals surface area contributed by atoms with Gasteiger partial charge in [0, 0.05) is 0 Å². The molecule has 19 atom stereocenters. The smallest absolute Gasteiger partial charge is 0.315 e. The number of carbonyl (C=O) groups excluding carboxylic acids is 1. The van der Waals surface area contributed by atoms with Crippen molar-refractivity contribution in [2.75, 3.05) is 6.61 Å². The number of aliphatic hydroxyl groups is 7. The Morgan fingerprint density at radius 2 is 1.45 bits per heavy atom. The third-order valence-electron chi connectivity index (χ3n) is 16.7. The summed E-state index contributed by atoms with van der Waals surface area (Å²) < 4.78 is 23.8. The number of ether oxygens (including phenoxy) is 4. The van der Waals surface area contributed by atoms with Crippen molar-refractivity contribution in [2.45, 2.75) is 173 Å². The first-order valence-corrected chi connectivity index (χ1v) is 20.5. The lowest BCUT2D eigenvalue weighted by Crippen LogP contribution is -2.68. The second-order valence-corrected chi connectivity index (χ2v) is 19.5. The number of aliphatic carboxylic acids is 1. The average Bonchev–Trinajstić information content (AvgIpc) is 3.13. The van der Waals surface area contributed by atoms with E-state index in [-0.39, 0.29) is 42.1 Å². The van der Waals surface area contributed by atoms with Crippen LogP contribution in [0.15, 0.2) is 11.6 Å². The molecule has 5 aliphatic carbocycles. The highest BCUT2D eigenvalue weighted by Crippen LogP contribution is 2.76. The third-order valence-corrected chi connectivity index (χ3v) is 16.7. The summed E-state index contributed by atoms with van der Waals surface area (Å²) in [7, 11) is 0. The lowest BCUT2D eigenvalue weighted by molar-refractivity contribution is -0.324. The second-order valence-electron chi connectivity index (χ2n) is 19.5. The zero-order valence-corrected chi connectivity index (χ0v) is 33.0. The fourth-order valence-corrected chi connectivity index (χ4v) is 13.5. The SMILES string of the molecule is CC1CCC2(C(=O)OC3OC(CO)C(O)C(O)C3O)CCC3(C(=O)O)C(=CCC4C5(C)CCC(OC6OC(C)C(O)C(O)C6O)C(C)(C)C5CCC43C)C2C1. The number of carboxylic acid groups (broad SMARTS) is 1. The molecule has 14 heteroatoms. The predicted octanol–water partition coefficient (Wildman–Crippen LogP) is 2.02. The van der Waals surface area contributed by atoms with E-state index in [0.717, 1.165) is 24.8 Å². The maximum atomic E-state index is 14.5. The average molecular weight is 781 g/mol. The van der Waals surface area contributed by atoms with Gasteiger partial charge in [-0.15, -0.1) is 0 Å². The Hall–Kier alpha value is -1.72. The van der Waals surface area contributed by atoms with Crippen molar-refractivity contribution in [3.8, 4) is 0 Å². The molecule has 7 rings (SSSR count). The van der Waals surface area contributed by atoms with Crippen LogP contribution in [0.2, 0.25) is 0 Å². The molecule has 0 aromatic rings. The van der Waals surface area contributed by atoms with E-state index in [9.17, 15) is 50.4 Å². The van der Waals surface area contributed by atoms with E-state index in [4.69, 9.17) is 18.9 Å². The lowest BCUT2D eigenvalue weighted by Gasteiger charge is -2.70. The van der Waals surface area contributed by atoms with E-state index in [1.165, 1.54) is 0 Å².